The number of fused-ring (bicyclic) bond motifs is 1. The zero-order valence-corrected chi connectivity index (χ0v) is 11.9. The molecule has 1 amide bonds. The van der Waals surface area contributed by atoms with Crippen LogP contribution in [0, 0.1) is 6.92 Å². The lowest BCUT2D eigenvalue weighted by Gasteiger charge is -2.06. The van der Waals surface area contributed by atoms with Gasteiger partial charge in [-0.1, -0.05) is 0 Å². The van der Waals surface area contributed by atoms with E-state index in [0.29, 0.717) is 18.8 Å². The molecule has 0 fully saturated rings. The lowest BCUT2D eigenvalue weighted by atomic mass is 10.3. The van der Waals surface area contributed by atoms with Crippen LogP contribution in [0.25, 0.3) is 5.65 Å². The molecule has 108 valence electrons. The highest BCUT2D eigenvalue weighted by Crippen LogP contribution is 2.06. The Morgan fingerprint density at radius 1 is 1.38 bits per heavy atom. The fraction of sp³-hybridized carbons (Fsp3) is 0.286. The van der Waals surface area contributed by atoms with E-state index >= 15 is 0 Å². The molecule has 3 rings (SSSR count). The number of carbonyl (C=O) groups is 1. The second-order valence-corrected chi connectivity index (χ2v) is 4.72. The molecule has 21 heavy (non-hydrogen) atoms. The van der Waals surface area contributed by atoms with Crippen molar-refractivity contribution in [3.8, 4) is 0 Å². The van der Waals surface area contributed by atoms with E-state index in [-0.39, 0.29) is 5.91 Å². The van der Waals surface area contributed by atoms with Crippen LogP contribution < -0.4 is 5.32 Å². The second-order valence-electron chi connectivity index (χ2n) is 4.72. The van der Waals surface area contributed by atoms with E-state index in [1.165, 1.54) is 0 Å². The summed E-state index contributed by atoms with van der Waals surface area (Å²) in [5.41, 5.74) is 3.07. The number of hydrogen-bond donors (Lipinski definition) is 1. The van der Waals surface area contributed by atoms with Gasteiger partial charge in [0.2, 0.25) is 0 Å². The number of rotatable bonds is 4. The Morgan fingerprint density at radius 3 is 3.05 bits per heavy atom. The van der Waals surface area contributed by atoms with Gasteiger partial charge in [0, 0.05) is 18.9 Å². The maximum Gasteiger partial charge on any atom is 0.269 e. The minimum absolute atomic E-state index is 0.138. The van der Waals surface area contributed by atoms with Crippen molar-refractivity contribution in [2.45, 2.75) is 26.9 Å². The number of carbonyl (C=O) groups excluding carboxylic acids is 1. The summed E-state index contributed by atoms with van der Waals surface area (Å²) in [6.45, 7) is 4.90. The van der Waals surface area contributed by atoms with Crippen LogP contribution in [-0.4, -0.2) is 30.1 Å². The van der Waals surface area contributed by atoms with Crippen molar-refractivity contribution >= 4 is 11.6 Å². The highest BCUT2D eigenvalue weighted by molar-refractivity contribution is 5.92. The number of imidazole rings is 1. The first-order chi connectivity index (χ1) is 10.2. The van der Waals surface area contributed by atoms with E-state index in [1.54, 1.807) is 29.3 Å². The van der Waals surface area contributed by atoms with Crippen LogP contribution in [0.4, 0.5) is 0 Å². The van der Waals surface area contributed by atoms with Gasteiger partial charge in [0.15, 0.2) is 5.65 Å². The number of aromatic nitrogens is 5. The molecule has 0 aliphatic rings. The molecule has 7 heteroatoms. The van der Waals surface area contributed by atoms with E-state index in [9.17, 15) is 4.79 Å². The summed E-state index contributed by atoms with van der Waals surface area (Å²) in [4.78, 5) is 20.5. The Morgan fingerprint density at radius 2 is 2.24 bits per heavy atom. The fourth-order valence-corrected chi connectivity index (χ4v) is 2.26. The molecule has 7 nitrogen and oxygen atoms in total. The largest absolute Gasteiger partial charge is 0.345 e. The van der Waals surface area contributed by atoms with Crippen LogP contribution >= 0.6 is 0 Å². The Balaban J connectivity index is 1.76. The number of nitrogens with zero attached hydrogens (tertiary/aromatic N) is 5. The first-order valence-electron chi connectivity index (χ1n) is 6.77. The van der Waals surface area contributed by atoms with Crippen LogP contribution in [0.1, 0.15) is 28.8 Å². The molecular formula is C14H16N6O. The molecule has 1 N–H and O–H groups in total. The van der Waals surface area contributed by atoms with Crippen LogP contribution in [0.15, 0.2) is 30.9 Å². The Labute approximate surface area is 121 Å². The molecule has 3 aromatic rings. The quantitative estimate of drug-likeness (QED) is 0.780. The average molecular weight is 284 g/mol. The molecule has 0 atom stereocenters. The minimum atomic E-state index is -0.138. The fourth-order valence-electron chi connectivity index (χ4n) is 2.26. The third kappa shape index (κ3) is 2.49. The number of nitrogens with one attached hydrogen (secondary N) is 1. The van der Waals surface area contributed by atoms with Crippen molar-refractivity contribution < 1.29 is 4.79 Å². The molecule has 0 bridgehead atoms. The SMILES string of the molecule is CCn1nc(C)cc1C(=O)NCc1cnc2cnccn12. The lowest BCUT2D eigenvalue weighted by Crippen LogP contribution is -2.26. The average Bonchev–Trinajstić information content (AvgIpc) is 3.08. The summed E-state index contributed by atoms with van der Waals surface area (Å²) in [7, 11) is 0. The maximum atomic E-state index is 12.3. The number of amides is 1. The van der Waals surface area contributed by atoms with Gasteiger partial charge in [-0.2, -0.15) is 5.10 Å². The summed E-state index contributed by atoms with van der Waals surface area (Å²) in [6, 6.07) is 1.79. The van der Waals surface area contributed by atoms with Gasteiger partial charge in [0.05, 0.1) is 30.3 Å². The molecule has 0 saturated heterocycles. The molecule has 0 aliphatic carbocycles. The van der Waals surface area contributed by atoms with Gasteiger partial charge in [-0.05, 0) is 19.9 Å². The highest BCUT2D eigenvalue weighted by Gasteiger charge is 2.13. The molecule has 0 unspecified atom stereocenters. The predicted octanol–water partition coefficient (Wildman–Crippen LogP) is 1.18. The van der Waals surface area contributed by atoms with Crippen molar-refractivity contribution in [1.82, 2.24) is 29.5 Å². The Hall–Kier alpha value is -2.70. The number of hydrogen-bond acceptors (Lipinski definition) is 4. The zero-order valence-electron chi connectivity index (χ0n) is 11.9. The maximum absolute atomic E-state index is 12.3. The Bertz CT molecular complexity index is 788. The summed E-state index contributed by atoms with van der Waals surface area (Å²) in [5, 5.41) is 7.18. The van der Waals surface area contributed by atoms with Crippen LogP contribution in [-0.2, 0) is 13.1 Å². The normalized spacial score (nSPS) is 11.0. The smallest absolute Gasteiger partial charge is 0.269 e. The summed E-state index contributed by atoms with van der Waals surface area (Å²) in [5.74, 6) is -0.138. The lowest BCUT2D eigenvalue weighted by molar-refractivity contribution is 0.0939. The zero-order chi connectivity index (χ0) is 14.8. The van der Waals surface area contributed by atoms with Gasteiger partial charge in [-0.3, -0.25) is 18.9 Å². The van der Waals surface area contributed by atoms with Gasteiger partial charge in [-0.25, -0.2) is 4.98 Å². The first-order valence-corrected chi connectivity index (χ1v) is 6.77. The van der Waals surface area contributed by atoms with Gasteiger partial charge in [0.1, 0.15) is 5.69 Å². The molecule has 0 spiro atoms. The topological polar surface area (TPSA) is 77.1 Å². The van der Waals surface area contributed by atoms with Crippen LogP contribution in [0.5, 0.6) is 0 Å². The predicted molar refractivity (Wildman–Crippen MR) is 76.8 cm³/mol. The van der Waals surface area contributed by atoms with Gasteiger partial charge in [0.25, 0.3) is 5.91 Å². The standard InChI is InChI=1S/C14H16N6O/c1-3-20-12(6-10(2)18-20)14(21)17-8-11-7-16-13-9-15-4-5-19(11)13/h4-7,9H,3,8H2,1-2H3,(H,17,21). The summed E-state index contributed by atoms with van der Waals surface area (Å²) < 4.78 is 3.60. The number of aryl methyl sites for hydroxylation is 2. The molecule has 0 aliphatic heterocycles. The molecular weight excluding hydrogens is 268 g/mol. The van der Waals surface area contributed by atoms with Crippen molar-refractivity contribution in [2.24, 2.45) is 0 Å². The minimum Gasteiger partial charge on any atom is -0.345 e. The third-order valence-electron chi connectivity index (χ3n) is 3.26. The molecule has 3 heterocycles. The van der Waals surface area contributed by atoms with Gasteiger partial charge >= 0.3 is 0 Å². The van der Waals surface area contributed by atoms with Crippen molar-refractivity contribution in [2.75, 3.05) is 0 Å². The molecule has 0 saturated carbocycles. The van der Waals surface area contributed by atoms with Crippen molar-refractivity contribution in [3.05, 3.63) is 47.9 Å². The van der Waals surface area contributed by atoms with E-state index in [2.05, 4.69) is 20.4 Å². The van der Waals surface area contributed by atoms with Crippen LogP contribution in [0.3, 0.4) is 0 Å². The van der Waals surface area contributed by atoms with E-state index < -0.39 is 0 Å². The third-order valence-corrected chi connectivity index (χ3v) is 3.26. The highest BCUT2D eigenvalue weighted by atomic mass is 16.2. The summed E-state index contributed by atoms with van der Waals surface area (Å²) in [6.07, 6.45) is 6.93. The van der Waals surface area contributed by atoms with E-state index in [0.717, 1.165) is 17.0 Å². The van der Waals surface area contributed by atoms with E-state index in [4.69, 9.17) is 0 Å². The van der Waals surface area contributed by atoms with Crippen molar-refractivity contribution in [3.63, 3.8) is 0 Å². The molecule has 0 radical (unpaired) electrons. The monoisotopic (exact) mass is 284 g/mol. The van der Waals surface area contributed by atoms with Gasteiger partial charge < -0.3 is 5.32 Å². The molecule has 0 aromatic carbocycles. The van der Waals surface area contributed by atoms with Crippen LogP contribution in [0.2, 0.25) is 0 Å². The van der Waals surface area contributed by atoms with Crippen molar-refractivity contribution in [1.29, 1.82) is 0 Å². The van der Waals surface area contributed by atoms with Gasteiger partial charge in [-0.15, -0.1) is 0 Å². The first kappa shape index (κ1) is 13.3. The summed E-state index contributed by atoms with van der Waals surface area (Å²) >= 11 is 0. The molecule has 3 aromatic heterocycles. The Kier molecular flexibility index (Phi) is 3.39. The van der Waals surface area contributed by atoms with E-state index in [1.807, 2.05) is 24.4 Å². The second kappa shape index (κ2) is 5.35.